The molecule has 2 aromatic rings. The maximum Gasteiger partial charge on any atom is 0.338 e. The molecule has 6 heteroatoms. The highest BCUT2D eigenvalue weighted by atomic mass is 16.5. The summed E-state index contributed by atoms with van der Waals surface area (Å²) < 4.78 is 10.7. The highest BCUT2D eigenvalue weighted by Gasteiger charge is 2.15. The molecule has 0 N–H and O–H groups in total. The van der Waals surface area contributed by atoms with E-state index in [0.29, 0.717) is 22.5 Å². The van der Waals surface area contributed by atoms with Crippen molar-refractivity contribution in [1.29, 1.82) is 0 Å². The van der Waals surface area contributed by atoms with Gasteiger partial charge in [0.05, 0.1) is 34.7 Å². The van der Waals surface area contributed by atoms with Crippen molar-refractivity contribution in [3.05, 3.63) is 47.8 Å². The number of nitrogens with zero attached hydrogens (tertiary/aromatic N) is 2. The van der Waals surface area contributed by atoms with E-state index in [1.54, 1.807) is 24.3 Å². The molecule has 0 radical (unpaired) electrons. The molecule has 0 unspecified atom stereocenters. The lowest BCUT2D eigenvalue weighted by Gasteiger charge is -2.12. The van der Waals surface area contributed by atoms with Crippen LogP contribution in [0.1, 0.15) is 61.3 Å². The molecule has 0 amide bonds. The fourth-order valence-corrected chi connectivity index (χ4v) is 2.06. The number of hydrogen-bond donors (Lipinski definition) is 0. The molecule has 2 atom stereocenters. The zero-order valence-electron chi connectivity index (χ0n) is 15.6. The molecule has 0 saturated heterocycles. The van der Waals surface area contributed by atoms with Crippen LogP contribution in [0.4, 0.5) is 0 Å². The Morgan fingerprint density at radius 1 is 0.846 bits per heavy atom. The standard InChI is InChI=1S/C20H24N2O4/c1-5-13(3)25-19(23)15-7-9-21-17(11-15)18-12-16(8-10-22-18)20(24)26-14(4)6-2/h7-14H,5-6H2,1-4H3/t13-,14-/m0/s1. The second-order valence-electron chi connectivity index (χ2n) is 6.11. The van der Waals surface area contributed by atoms with Crippen LogP contribution in [-0.4, -0.2) is 34.1 Å². The van der Waals surface area contributed by atoms with Crippen molar-refractivity contribution in [3.63, 3.8) is 0 Å². The minimum absolute atomic E-state index is 0.157. The van der Waals surface area contributed by atoms with Crippen molar-refractivity contribution in [2.24, 2.45) is 0 Å². The van der Waals surface area contributed by atoms with Gasteiger partial charge in [-0.2, -0.15) is 0 Å². The van der Waals surface area contributed by atoms with Crippen molar-refractivity contribution < 1.29 is 19.1 Å². The van der Waals surface area contributed by atoms with Gasteiger partial charge in [-0.15, -0.1) is 0 Å². The van der Waals surface area contributed by atoms with Crippen LogP contribution in [-0.2, 0) is 9.47 Å². The summed E-state index contributed by atoms with van der Waals surface area (Å²) in [5.74, 6) is -0.814. The molecule has 0 spiro atoms. The van der Waals surface area contributed by atoms with Crippen LogP contribution in [0, 0.1) is 0 Å². The Kier molecular flexibility index (Phi) is 6.83. The van der Waals surface area contributed by atoms with Gasteiger partial charge < -0.3 is 9.47 Å². The van der Waals surface area contributed by atoms with Gasteiger partial charge in [0.25, 0.3) is 0 Å². The number of rotatable bonds is 7. The highest BCUT2D eigenvalue weighted by Crippen LogP contribution is 2.18. The molecule has 138 valence electrons. The lowest BCUT2D eigenvalue weighted by Crippen LogP contribution is -2.14. The Morgan fingerprint density at radius 3 is 1.58 bits per heavy atom. The van der Waals surface area contributed by atoms with Crippen molar-refractivity contribution in [1.82, 2.24) is 9.97 Å². The summed E-state index contributed by atoms with van der Waals surface area (Å²) in [4.78, 5) is 32.9. The summed E-state index contributed by atoms with van der Waals surface area (Å²) in [7, 11) is 0. The maximum atomic E-state index is 12.2. The van der Waals surface area contributed by atoms with Gasteiger partial charge in [-0.1, -0.05) is 13.8 Å². The van der Waals surface area contributed by atoms with Crippen LogP contribution in [0.25, 0.3) is 11.4 Å². The molecule has 2 rings (SSSR count). The second-order valence-corrected chi connectivity index (χ2v) is 6.11. The fourth-order valence-electron chi connectivity index (χ4n) is 2.06. The van der Waals surface area contributed by atoms with E-state index < -0.39 is 11.9 Å². The van der Waals surface area contributed by atoms with Gasteiger partial charge in [-0.25, -0.2) is 9.59 Å². The first-order chi connectivity index (χ1) is 12.4. The van der Waals surface area contributed by atoms with Gasteiger partial charge in [-0.3, -0.25) is 9.97 Å². The molecule has 0 bridgehead atoms. The minimum atomic E-state index is -0.407. The summed E-state index contributed by atoms with van der Waals surface area (Å²) in [5.41, 5.74) is 1.76. The van der Waals surface area contributed by atoms with E-state index >= 15 is 0 Å². The second kappa shape index (κ2) is 9.08. The van der Waals surface area contributed by atoms with Gasteiger partial charge in [-0.05, 0) is 51.0 Å². The van der Waals surface area contributed by atoms with E-state index in [1.807, 2.05) is 27.7 Å². The Labute approximate surface area is 153 Å². The van der Waals surface area contributed by atoms with Gasteiger partial charge in [0.15, 0.2) is 0 Å². The number of pyridine rings is 2. The molecular weight excluding hydrogens is 332 g/mol. The molecule has 0 aliphatic rings. The summed E-state index contributed by atoms with van der Waals surface area (Å²) in [6.45, 7) is 7.58. The Hall–Kier alpha value is -2.76. The van der Waals surface area contributed by atoms with E-state index in [1.165, 1.54) is 12.4 Å². The van der Waals surface area contributed by atoms with E-state index in [2.05, 4.69) is 9.97 Å². The van der Waals surface area contributed by atoms with Gasteiger partial charge >= 0.3 is 11.9 Å². The van der Waals surface area contributed by atoms with E-state index in [0.717, 1.165) is 12.8 Å². The molecule has 0 aliphatic carbocycles. The summed E-state index contributed by atoms with van der Waals surface area (Å²) in [6.07, 6.45) is 4.21. The van der Waals surface area contributed by atoms with Crippen LogP contribution < -0.4 is 0 Å². The monoisotopic (exact) mass is 356 g/mol. The number of carbonyl (C=O) groups excluding carboxylic acids is 2. The SMILES string of the molecule is CC[C@H](C)OC(=O)c1ccnc(-c2cc(C(=O)O[C@@H](C)CC)ccn2)c1. The first-order valence-corrected chi connectivity index (χ1v) is 8.79. The molecule has 0 fully saturated rings. The number of aromatic nitrogens is 2. The third-order valence-electron chi connectivity index (χ3n) is 4.02. The number of esters is 2. The molecular formula is C20H24N2O4. The summed E-state index contributed by atoms with van der Waals surface area (Å²) >= 11 is 0. The number of carbonyl (C=O) groups is 2. The van der Waals surface area contributed by atoms with Crippen LogP contribution in [0.15, 0.2) is 36.7 Å². The van der Waals surface area contributed by atoms with Gasteiger partial charge in [0.1, 0.15) is 0 Å². The third kappa shape index (κ3) is 5.12. The first-order valence-electron chi connectivity index (χ1n) is 8.79. The summed E-state index contributed by atoms with van der Waals surface area (Å²) in [5, 5.41) is 0. The lowest BCUT2D eigenvalue weighted by atomic mass is 10.1. The molecule has 26 heavy (non-hydrogen) atoms. The smallest absolute Gasteiger partial charge is 0.338 e. The third-order valence-corrected chi connectivity index (χ3v) is 4.02. The quantitative estimate of drug-likeness (QED) is 0.696. The van der Waals surface area contributed by atoms with Crippen LogP contribution >= 0.6 is 0 Å². The minimum Gasteiger partial charge on any atom is -0.459 e. The van der Waals surface area contributed by atoms with E-state index in [-0.39, 0.29) is 12.2 Å². The van der Waals surface area contributed by atoms with Crippen LogP contribution in [0.2, 0.25) is 0 Å². The largest absolute Gasteiger partial charge is 0.459 e. The zero-order chi connectivity index (χ0) is 19.1. The predicted octanol–water partition coefficient (Wildman–Crippen LogP) is 4.05. The van der Waals surface area contributed by atoms with Crippen LogP contribution in [0.5, 0.6) is 0 Å². The average Bonchev–Trinajstić information content (AvgIpc) is 2.67. The van der Waals surface area contributed by atoms with Crippen molar-refractivity contribution in [2.75, 3.05) is 0 Å². The number of ether oxygens (including phenoxy) is 2. The van der Waals surface area contributed by atoms with Crippen molar-refractivity contribution >= 4 is 11.9 Å². The Balaban J connectivity index is 2.23. The normalized spacial score (nSPS) is 12.9. The molecule has 6 nitrogen and oxygen atoms in total. The van der Waals surface area contributed by atoms with Gasteiger partial charge in [0, 0.05) is 12.4 Å². The molecule has 0 saturated carbocycles. The van der Waals surface area contributed by atoms with Crippen LogP contribution in [0.3, 0.4) is 0 Å². The predicted molar refractivity (Wildman–Crippen MR) is 97.8 cm³/mol. The Morgan fingerprint density at radius 2 is 1.23 bits per heavy atom. The van der Waals surface area contributed by atoms with Crippen molar-refractivity contribution in [2.45, 2.75) is 52.7 Å². The highest BCUT2D eigenvalue weighted by molar-refractivity contribution is 5.92. The van der Waals surface area contributed by atoms with Gasteiger partial charge in [0.2, 0.25) is 0 Å². The molecule has 2 aromatic heterocycles. The zero-order valence-corrected chi connectivity index (χ0v) is 15.6. The van der Waals surface area contributed by atoms with E-state index in [9.17, 15) is 9.59 Å². The molecule has 0 aliphatic heterocycles. The number of hydrogen-bond acceptors (Lipinski definition) is 6. The molecule has 0 aromatic carbocycles. The first kappa shape index (κ1) is 19.6. The lowest BCUT2D eigenvalue weighted by molar-refractivity contribution is 0.0324. The maximum absolute atomic E-state index is 12.2. The fraction of sp³-hybridized carbons (Fsp3) is 0.400. The van der Waals surface area contributed by atoms with Crippen molar-refractivity contribution in [3.8, 4) is 11.4 Å². The average molecular weight is 356 g/mol. The molecule has 2 heterocycles. The Bertz CT molecular complexity index is 710. The summed E-state index contributed by atoms with van der Waals surface area (Å²) in [6, 6.07) is 6.40. The van der Waals surface area contributed by atoms with E-state index in [4.69, 9.17) is 9.47 Å². The topological polar surface area (TPSA) is 78.4 Å².